The Bertz CT molecular complexity index is 1610. The van der Waals surface area contributed by atoms with Crippen molar-refractivity contribution in [3.63, 3.8) is 0 Å². The van der Waals surface area contributed by atoms with Crippen LogP contribution in [0, 0.1) is 18.6 Å². The van der Waals surface area contributed by atoms with Crippen molar-refractivity contribution in [3.05, 3.63) is 105 Å². The van der Waals surface area contributed by atoms with Gasteiger partial charge in [0.15, 0.2) is 0 Å². The highest BCUT2D eigenvalue weighted by atomic mass is 32.1. The van der Waals surface area contributed by atoms with Crippen LogP contribution in [0.25, 0.3) is 16.6 Å². The summed E-state index contributed by atoms with van der Waals surface area (Å²) < 4.78 is 33.4. The first kappa shape index (κ1) is 23.6. The van der Waals surface area contributed by atoms with Crippen molar-refractivity contribution >= 4 is 22.8 Å². The van der Waals surface area contributed by atoms with Crippen molar-refractivity contribution in [2.24, 2.45) is 0 Å². The minimum absolute atomic E-state index is 0.0610. The van der Waals surface area contributed by atoms with Gasteiger partial charge in [-0.3, -0.25) is 4.79 Å². The summed E-state index contributed by atoms with van der Waals surface area (Å²) >= 11 is 1.64. The third kappa shape index (κ3) is 3.70. The molecule has 0 aliphatic carbocycles. The Hall–Kier alpha value is -3.78. The fourth-order valence-corrected chi connectivity index (χ4v) is 6.38. The van der Waals surface area contributed by atoms with Gasteiger partial charge in [0.05, 0.1) is 28.0 Å². The highest BCUT2D eigenvalue weighted by Crippen LogP contribution is 2.38. The van der Waals surface area contributed by atoms with Gasteiger partial charge < -0.3 is 9.47 Å². The summed E-state index contributed by atoms with van der Waals surface area (Å²) in [5.74, 6) is -1.42. The van der Waals surface area contributed by atoms with E-state index in [-0.39, 0.29) is 23.4 Å². The standard InChI is InChI=1S/C29H26F2N4OS/c1-17(2)27-19(11-12-22-25(18(3)32-35(22)27)26-20(30)7-4-8-21(26)31)29(36)34-15-14-33-13-5-9-23(33)28(34)24-10-6-16-37-24/h4-13,16-17,28H,14-15H2,1-3H3. The summed E-state index contributed by atoms with van der Waals surface area (Å²) in [6, 6.07) is 15.4. The zero-order valence-corrected chi connectivity index (χ0v) is 21.6. The van der Waals surface area contributed by atoms with Crippen molar-refractivity contribution in [2.45, 2.75) is 39.3 Å². The number of benzene rings is 1. The molecule has 1 atom stereocenters. The largest absolute Gasteiger partial charge is 0.347 e. The Kier molecular flexibility index (Phi) is 5.71. The number of rotatable bonds is 4. The van der Waals surface area contributed by atoms with Gasteiger partial charge in [0, 0.05) is 35.4 Å². The van der Waals surface area contributed by atoms with Crippen LogP contribution in [0.4, 0.5) is 8.78 Å². The number of carbonyl (C=O) groups excluding carboxylic acids is 1. The summed E-state index contributed by atoms with van der Waals surface area (Å²) in [4.78, 5) is 17.3. The molecule has 5 nitrogen and oxygen atoms in total. The molecule has 5 heterocycles. The van der Waals surface area contributed by atoms with Crippen LogP contribution in [0.3, 0.4) is 0 Å². The predicted octanol–water partition coefficient (Wildman–Crippen LogP) is 6.82. The highest BCUT2D eigenvalue weighted by molar-refractivity contribution is 7.10. The average molecular weight is 517 g/mol. The van der Waals surface area contributed by atoms with Gasteiger partial charge in [0.2, 0.25) is 0 Å². The van der Waals surface area contributed by atoms with E-state index in [9.17, 15) is 13.6 Å². The fourth-order valence-electron chi connectivity index (χ4n) is 5.53. The molecule has 1 aromatic carbocycles. The molecule has 37 heavy (non-hydrogen) atoms. The number of thiophene rings is 1. The Morgan fingerprint density at radius 2 is 1.78 bits per heavy atom. The zero-order valence-electron chi connectivity index (χ0n) is 20.8. The molecule has 0 fully saturated rings. The molecule has 1 unspecified atom stereocenters. The van der Waals surface area contributed by atoms with Crippen LogP contribution in [-0.4, -0.2) is 31.5 Å². The Balaban J connectivity index is 1.51. The van der Waals surface area contributed by atoms with Crippen molar-refractivity contribution in [1.82, 2.24) is 19.1 Å². The first-order valence-electron chi connectivity index (χ1n) is 12.3. The van der Waals surface area contributed by atoms with E-state index in [0.717, 1.165) is 16.3 Å². The Labute approximate surface area is 217 Å². The summed E-state index contributed by atoms with van der Waals surface area (Å²) in [6.45, 7) is 7.04. The van der Waals surface area contributed by atoms with Crippen LogP contribution in [0.1, 0.15) is 58.1 Å². The quantitative estimate of drug-likeness (QED) is 0.263. The number of nitrogens with zero attached hydrogens (tertiary/aromatic N) is 4. The van der Waals surface area contributed by atoms with Gasteiger partial charge in [-0.2, -0.15) is 5.10 Å². The van der Waals surface area contributed by atoms with Crippen LogP contribution in [-0.2, 0) is 6.54 Å². The molecule has 1 amide bonds. The van der Waals surface area contributed by atoms with Gasteiger partial charge in [0.1, 0.15) is 17.7 Å². The lowest BCUT2D eigenvalue weighted by atomic mass is 9.98. The van der Waals surface area contributed by atoms with Crippen LogP contribution in [0.15, 0.2) is 66.2 Å². The summed E-state index contributed by atoms with van der Waals surface area (Å²) in [5, 5.41) is 6.72. The summed E-state index contributed by atoms with van der Waals surface area (Å²) in [7, 11) is 0. The maximum absolute atomic E-state index is 14.8. The molecule has 0 bridgehead atoms. The second-order valence-corrected chi connectivity index (χ2v) is 10.7. The first-order chi connectivity index (χ1) is 17.9. The van der Waals surface area contributed by atoms with Gasteiger partial charge in [-0.15, -0.1) is 11.3 Å². The molecule has 0 saturated heterocycles. The molecule has 0 N–H and O–H groups in total. The van der Waals surface area contributed by atoms with Crippen molar-refractivity contribution < 1.29 is 13.6 Å². The molecule has 4 aromatic heterocycles. The summed E-state index contributed by atoms with van der Waals surface area (Å²) in [6.07, 6.45) is 2.05. The molecule has 0 saturated carbocycles. The van der Waals surface area contributed by atoms with Crippen molar-refractivity contribution in [2.75, 3.05) is 6.54 Å². The first-order valence-corrected chi connectivity index (χ1v) is 13.2. The Morgan fingerprint density at radius 3 is 2.49 bits per heavy atom. The van der Waals surface area contributed by atoms with Gasteiger partial charge >= 0.3 is 0 Å². The molecule has 0 radical (unpaired) electrons. The van der Waals surface area contributed by atoms with Gasteiger partial charge in [-0.05, 0) is 60.7 Å². The number of carbonyl (C=O) groups is 1. The minimum atomic E-state index is -0.639. The maximum atomic E-state index is 14.8. The molecule has 1 aliphatic rings. The van der Waals surface area contributed by atoms with Crippen LogP contribution in [0.5, 0.6) is 0 Å². The number of fused-ring (bicyclic) bond motifs is 2. The lowest BCUT2D eigenvalue weighted by molar-refractivity contribution is 0.0664. The second kappa shape index (κ2) is 8.95. The topological polar surface area (TPSA) is 42.5 Å². The molecule has 6 rings (SSSR count). The van der Waals surface area contributed by atoms with E-state index < -0.39 is 11.6 Å². The van der Waals surface area contributed by atoms with E-state index in [2.05, 4.69) is 28.0 Å². The van der Waals surface area contributed by atoms with E-state index in [1.807, 2.05) is 36.3 Å². The number of aryl methyl sites for hydroxylation is 1. The van der Waals surface area contributed by atoms with E-state index in [4.69, 9.17) is 0 Å². The van der Waals surface area contributed by atoms with Crippen molar-refractivity contribution in [1.29, 1.82) is 0 Å². The number of hydrogen-bond acceptors (Lipinski definition) is 3. The Morgan fingerprint density at radius 1 is 1.00 bits per heavy atom. The highest BCUT2D eigenvalue weighted by Gasteiger charge is 2.35. The number of aromatic nitrogens is 3. The van der Waals surface area contributed by atoms with Crippen LogP contribution in [0.2, 0.25) is 0 Å². The predicted molar refractivity (Wildman–Crippen MR) is 141 cm³/mol. The molecule has 1 aliphatic heterocycles. The normalized spacial score (nSPS) is 15.5. The fraction of sp³-hybridized carbons (Fsp3) is 0.241. The van der Waals surface area contributed by atoms with Gasteiger partial charge in [-0.25, -0.2) is 13.3 Å². The number of amides is 1. The van der Waals surface area contributed by atoms with E-state index in [0.29, 0.717) is 35.4 Å². The molecular formula is C29H26F2N4OS. The monoisotopic (exact) mass is 516 g/mol. The van der Waals surface area contributed by atoms with E-state index in [1.165, 1.54) is 18.2 Å². The lowest BCUT2D eigenvalue weighted by Gasteiger charge is -2.37. The SMILES string of the molecule is Cc1nn2c(C(C)C)c(C(=O)N3CCn4cccc4C3c3cccs3)ccc2c1-c1c(F)cccc1F. The molecule has 5 aromatic rings. The van der Waals surface area contributed by atoms with Gasteiger partial charge in [0.25, 0.3) is 5.91 Å². The summed E-state index contributed by atoms with van der Waals surface area (Å²) in [5.41, 5.74) is 3.74. The van der Waals surface area contributed by atoms with E-state index in [1.54, 1.807) is 34.9 Å². The zero-order chi connectivity index (χ0) is 25.8. The van der Waals surface area contributed by atoms with Crippen LogP contribution >= 0.6 is 11.3 Å². The van der Waals surface area contributed by atoms with Crippen molar-refractivity contribution in [3.8, 4) is 11.1 Å². The number of halogens is 2. The lowest BCUT2D eigenvalue weighted by Crippen LogP contribution is -2.42. The maximum Gasteiger partial charge on any atom is 0.256 e. The second-order valence-electron chi connectivity index (χ2n) is 9.68. The number of pyridine rings is 1. The van der Waals surface area contributed by atoms with Crippen LogP contribution < -0.4 is 0 Å². The molecule has 8 heteroatoms. The smallest absolute Gasteiger partial charge is 0.256 e. The minimum Gasteiger partial charge on any atom is -0.347 e. The molecule has 0 spiro atoms. The third-order valence-corrected chi connectivity index (χ3v) is 8.03. The molecule has 188 valence electrons. The molecular weight excluding hydrogens is 490 g/mol. The third-order valence-electron chi connectivity index (χ3n) is 7.11. The number of hydrogen-bond donors (Lipinski definition) is 0. The van der Waals surface area contributed by atoms with E-state index >= 15 is 0 Å². The average Bonchev–Trinajstić information content (AvgIpc) is 3.62. The van der Waals surface area contributed by atoms with Gasteiger partial charge in [-0.1, -0.05) is 26.0 Å².